The second kappa shape index (κ2) is 11.3. The Morgan fingerprint density at radius 1 is 1.06 bits per heavy atom. The minimum atomic E-state index is -3.95. The molecule has 0 aromatic heterocycles. The van der Waals surface area contributed by atoms with Crippen molar-refractivity contribution in [1.29, 1.82) is 0 Å². The van der Waals surface area contributed by atoms with Gasteiger partial charge >= 0.3 is 0 Å². The van der Waals surface area contributed by atoms with Crippen LogP contribution in [0, 0.1) is 11.6 Å². The minimum Gasteiger partial charge on any atom is -0.492 e. The summed E-state index contributed by atoms with van der Waals surface area (Å²) in [5.74, 6) is -2.69. The highest BCUT2D eigenvalue weighted by atomic mass is 32.2. The maximum absolute atomic E-state index is 13.5. The number of ether oxygens (including phenoxy) is 2. The number of carbonyl (C=O) groups excluding carboxylic acids is 1. The first-order chi connectivity index (χ1) is 16.5. The molecule has 0 unspecified atom stereocenters. The summed E-state index contributed by atoms with van der Waals surface area (Å²) in [6.07, 6.45) is 0.841. The van der Waals surface area contributed by atoms with Crippen molar-refractivity contribution < 1.29 is 39.9 Å². The molecule has 14 heteroatoms. The Morgan fingerprint density at radius 3 is 2.31 bits per heavy atom. The van der Waals surface area contributed by atoms with E-state index in [4.69, 9.17) is 9.47 Å². The van der Waals surface area contributed by atoms with Crippen molar-refractivity contribution in [2.45, 2.75) is 4.90 Å². The Labute approximate surface area is 202 Å². The highest BCUT2D eigenvalue weighted by Gasteiger charge is 2.26. The molecule has 1 aliphatic rings. The van der Waals surface area contributed by atoms with Gasteiger partial charge in [-0.05, 0) is 36.4 Å². The molecule has 0 bridgehead atoms. The first-order valence-electron chi connectivity index (χ1n) is 10.5. The Balaban J connectivity index is 1.50. The highest BCUT2D eigenvalue weighted by Crippen LogP contribution is 2.21. The van der Waals surface area contributed by atoms with Gasteiger partial charge in [0.25, 0.3) is 0 Å². The van der Waals surface area contributed by atoms with Crippen LogP contribution in [0.5, 0.6) is 5.75 Å². The average molecular weight is 534 g/mol. The molecule has 2 aromatic carbocycles. The molecular weight excluding hydrogens is 508 g/mol. The van der Waals surface area contributed by atoms with E-state index in [-0.39, 0.29) is 36.8 Å². The number of morpholine rings is 1. The third-order valence-electron chi connectivity index (χ3n) is 5.00. The van der Waals surface area contributed by atoms with E-state index in [1.54, 1.807) is 0 Å². The van der Waals surface area contributed by atoms with Crippen molar-refractivity contribution >= 4 is 31.6 Å². The van der Waals surface area contributed by atoms with Gasteiger partial charge < -0.3 is 14.8 Å². The Morgan fingerprint density at radius 2 is 1.71 bits per heavy atom. The number of hydrogen-bond acceptors (Lipinski definition) is 7. The lowest BCUT2D eigenvalue weighted by Crippen LogP contribution is -2.41. The standard InChI is InChI=1S/C21H25F2N3O7S2/c1-34(28,29)26(16-2-7-19(22)20(23)14-16)15-21(27)24-8-11-33-17-3-5-18(6-4-17)35(30,31)25-9-12-32-13-10-25/h2-7,14H,8-13,15H2,1H3,(H,24,27). The first kappa shape index (κ1) is 26.8. The van der Waals surface area contributed by atoms with Gasteiger partial charge in [0.05, 0.1) is 36.6 Å². The van der Waals surface area contributed by atoms with E-state index in [0.29, 0.717) is 29.3 Å². The van der Waals surface area contributed by atoms with Crippen LogP contribution in [0.15, 0.2) is 47.4 Å². The summed E-state index contributed by atoms with van der Waals surface area (Å²) in [5.41, 5.74) is -0.190. The Hall–Kier alpha value is -2.81. The van der Waals surface area contributed by atoms with Gasteiger partial charge in [0, 0.05) is 19.2 Å². The van der Waals surface area contributed by atoms with Crippen LogP contribution in [-0.4, -0.2) is 79.3 Å². The van der Waals surface area contributed by atoms with E-state index >= 15 is 0 Å². The Kier molecular flexibility index (Phi) is 8.64. The summed E-state index contributed by atoms with van der Waals surface area (Å²) >= 11 is 0. The van der Waals surface area contributed by atoms with Gasteiger partial charge in [-0.1, -0.05) is 0 Å². The zero-order valence-corrected chi connectivity index (χ0v) is 20.4. The van der Waals surface area contributed by atoms with Gasteiger partial charge in [0.2, 0.25) is 26.0 Å². The third-order valence-corrected chi connectivity index (χ3v) is 8.06. The van der Waals surface area contributed by atoms with Crippen LogP contribution in [0.2, 0.25) is 0 Å². The molecule has 0 spiro atoms. The number of nitrogens with one attached hydrogen (secondary N) is 1. The summed E-state index contributed by atoms with van der Waals surface area (Å²) in [6, 6.07) is 8.34. The number of amides is 1. The van der Waals surface area contributed by atoms with E-state index in [9.17, 15) is 30.4 Å². The third kappa shape index (κ3) is 7.10. The predicted octanol–water partition coefficient (Wildman–Crippen LogP) is 0.947. The van der Waals surface area contributed by atoms with Crippen molar-refractivity contribution in [2.24, 2.45) is 0 Å². The normalized spacial score (nSPS) is 14.9. The second-order valence-corrected chi connectivity index (χ2v) is 11.4. The molecular formula is C21H25F2N3O7S2. The summed E-state index contributed by atoms with van der Waals surface area (Å²) < 4.78 is 88.6. The lowest BCUT2D eigenvalue weighted by atomic mass is 10.3. The fourth-order valence-corrected chi connectivity index (χ4v) is 5.49. The van der Waals surface area contributed by atoms with Gasteiger partial charge in [-0.25, -0.2) is 25.6 Å². The van der Waals surface area contributed by atoms with Gasteiger partial charge in [-0.2, -0.15) is 4.31 Å². The van der Waals surface area contributed by atoms with Crippen LogP contribution in [-0.2, 0) is 29.6 Å². The molecule has 0 atom stereocenters. The molecule has 1 amide bonds. The van der Waals surface area contributed by atoms with Crippen LogP contribution in [0.1, 0.15) is 0 Å². The Bertz CT molecular complexity index is 1250. The fraction of sp³-hybridized carbons (Fsp3) is 0.381. The summed E-state index contributed by atoms with van der Waals surface area (Å²) in [7, 11) is -7.57. The largest absolute Gasteiger partial charge is 0.492 e. The fourth-order valence-electron chi connectivity index (χ4n) is 3.23. The van der Waals surface area contributed by atoms with Crippen molar-refractivity contribution in [3.8, 4) is 5.75 Å². The van der Waals surface area contributed by atoms with Crippen LogP contribution < -0.4 is 14.4 Å². The topological polar surface area (TPSA) is 122 Å². The molecule has 1 fully saturated rings. The van der Waals surface area contributed by atoms with Gasteiger partial charge in [0.15, 0.2) is 11.6 Å². The van der Waals surface area contributed by atoms with Gasteiger partial charge in [-0.3, -0.25) is 9.10 Å². The number of benzene rings is 2. The molecule has 1 saturated heterocycles. The van der Waals surface area contributed by atoms with Crippen molar-refractivity contribution in [2.75, 3.05) is 56.6 Å². The number of nitrogens with zero attached hydrogens (tertiary/aromatic N) is 2. The SMILES string of the molecule is CS(=O)(=O)N(CC(=O)NCCOc1ccc(S(=O)(=O)N2CCOCC2)cc1)c1ccc(F)c(F)c1. The highest BCUT2D eigenvalue weighted by molar-refractivity contribution is 7.92. The van der Waals surface area contributed by atoms with Crippen molar-refractivity contribution in [1.82, 2.24) is 9.62 Å². The molecule has 3 rings (SSSR count). The zero-order chi connectivity index (χ0) is 25.6. The lowest BCUT2D eigenvalue weighted by molar-refractivity contribution is -0.119. The average Bonchev–Trinajstić information content (AvgIpc) is 2.82. The maximum atomic E-state index is 13.5. The van der Waals surface area contributed by atoms with Crippen molar-refractivity contribution in [3.05, 3.63) is 54.1 Å². The number of rotatable bonds is 10. The van der Waals surface area contributed by atoms with Crippen LogP contribution in [0.3, 0.4) is 0 Å². The van der Waals surface area contributed by atoms with Crippen LogP contribution in [0.4, 0.5) is 14.5 Å². The number of hydrogen-bond donors (Lipinski definition) is 1. The zero-order valence-electron chi connectivity index (χ0n) is 18.8. The summed E-state index contributed by atoms with van der Waals surface area (Å²) in [4.78, 5) is 12.3. The van der Waals surface area contributed by atoms with E-state index in [2.05, 4.69) is 5.32 Å². The maximum Gasteiger partial charge on any atom is 0.243 e. The lowest BCUT2D eigenvalue weighted by Gasteiger charge is -2.26. The first-order valence-corrected chi connectivity index (χ1v) is 13.8. The summed E-state index contributed by atoms with van der Waals surface area (Å²) in [6.45, 7) is 0.648. The van der Waals surface area contributed by atoms with E-state index < -0.39 is 44.1 Å². The van der Waals surface area contributed by atoms with Crippen molar-refractivity contribution in [3.63, 3.8) is 0 Å². The van der Waals surface area contributed by atoms with E-state index in [1.165, 1.54) is 28.6 Å². The molecule has 35 heavy (non-hydrogen) atoms. The molecule has 192 valence electrons. The number of carbonyl (C=O) groups is 1. The molecule has 0 saturated carbocycles. The molecule has 1 heterocycles. The molecule has 2 aromatic rings. The number of sulfonamides is 2. The number of halogens is 2. The molecule has 0 radical (unpaired) electrons. The molecule has 1 aliphatic heterocycles. The quantitative estimate of drug-likeness (QED) is 0.451. The van der Waals surface area contributed by atoms with E-state index in [0.717, 1.165) is 18.4 Å². The number of anilines is 1. The molecule has 1 N–H and O–H groups in total. The van der Waals surface area contributed by atoms with Crippen LogP contribution in [0.25, 0.3) is 0 Å². The molecule has 0 aliphatic carbocycles. The van der Waals surface area contributed by atoms with Gasteiger partial charge in [0.1, 0.15) is 18.9 Å². The van der Waals surface area contributed by atoms with Crippen LogP contribution >= 0.6 is 0 Å². The molecule has 10 nitrogen and oxygen atoms in total. The minimum absolute atomic E-state index is 0.0159. The second-order valence-electron chi connectivity index (χ2n) is 7.55. The summed E-state index contributed by atoms with van der Waals surface area (Å²) in [5, 5.41) is 2.48. The van der Waals surface area contributed by atoms with E-state index in [1.807, 2.05) is 0 Å². The monoisotopic (exact) mass is 533 g/mol. The smallest absolute Gasteiger partial charge is 0.243 e. The predicted molar refractivity (Wildman–Crippen MR) is 123 cm³/mol. The van der Waals surface area contributed by atoms with Gasteiger partial charge in [-0.15, -0.1) is 0 Å².